The Hall–Kier alpha value is -4.69. The van der Waals surface area contributed by atoms with Gasteiger partial charge in [0.15, 0.2) is 0 Å². The number of benzene rings is 4. The van der Waals surface area contributed by atoms with E-state index in [0.29, 0.717) is 40.4 Å². The lowest BCUT2D eigenvalue weighted by Gasteiger charge is -2.10. The van der Waals surface area contributed by atoms with Crippen LogP contribution in [0.4, 0.5) is 11.4 Å². The second-order valence-corrected chi connectivity index (χ2v) is 12.7. The van der Waals surface area contributed by atoms with Gasteiger partial charge in [0, 0.05) is 15.8 Å². The predicted octanol–water partition coefficient (Wildman–Crippen LogP) is 8.52. The summed E-state index contributed by atoms with van der Waals surface area (Å²) in [6.07, 6.45) is 1.13. The Morgan fingerprint density at radius 2 is 1.10 bits per heavy atom. The summed E-state index contributed by atoms with van der Waals surface area (Å²) in [5.74, 6) is -1.62. The molecule has 0 heterocycles. The van der Waals surface area contributed by atoms with E-state index in [1.54, 1.807) is 55.5 Å². The van der Waals surface area contributed by atoms with Gasteiger partial charge in [-0.15, -0.1) is 0 Å². The molecule has 0 saturated heterocycles. The van der Waals surface area contributed by atoms with E-state index in [-0.39, 0.29) is 40.3 Å². The molecule has 49 heavy (non-hydrogen) atoms. The van der Waals surface area contributed by atoms with E-state index < -0.39 is 5.91 Å². The number of halogens is 3. The third-order valence-electron chi connectivity index (χ3n) is 7.23. The van der Waals surface area contributed by atoms with Crippen LogP contribution >= 0.6 is 39.1 Å². The first-order valence-electron chi connectivity index (χ1n) is 15.0. The third-order valence-corrected chi connectivity index (χ3v) is 8.38. The first kappa shape index (κ1) is 38.8. The van der Waals surface area contributed by atoms with Gasteiger partial charge in [-0.2, -0.15) is 5.26 Å². The lowest BCUT2D eigenvalue weighted by atomic mass is 10.0. The van der Waals surface area contributed by atoms with Crippen molar-refractivity contribution in [3.63, 3.8) is 0 Å². The Morgan fingerprint density at radius 1 is 0.694 bits per heavy atom. The van der Waals surface area contributed by atoms with E-state index in [2.05, 4.69) is 26.6 Å². The number of anilines is 2. The summed E-state index contributed by atoms with van der Waals surface area (Å²) in [6.45, 7) is 3.61. The highest BCUT2D eigenvalue weighted by Gasteiger charge is 2.16. The molecule has 0 bridgehead atoms. The summed E-state index contributed by atoms with van der Waals surface area (Å²) >= 11 is 15.4. The van der Waals surface area contributed by atoms with Gasteiger partial charge >= 0.3 is 11.9 Å². The van der Waals surface area contributed by atoms with Gasteiger partial charge in [0.05, 0.1) is 58.9 Å². The zero-order chi connectivity index (χ0) is 36.1. The maximum atomic E-state index is 12.3. The lowest BCUT2D eigenvalue weighted by molar-refractivity contribution is -0.145. The van der Waals surface area contributed by atoms with E-state index in [4.69, 9.17) is 37.9 Å². The van der Waals surface area contributed by atoms with Crippen LogP contribution in [0.3, 0.4) is 0 Å². The van der Waals surface area contributed by atoms with Crippen LogP contribution in [0.15, 0.2) is 89.4 Å². The maximum Gasteiger partial charge on any atom is 0.308 e. The van der Waals surface area contributed by atoms with Crippen molar-refractivity contribution in [3.8, 4) is 6.07 Å². The van der Waals surface area contributed by atoms with Crippen LogP contribution in [0.2, 0.25) is 10.0 Å². The lowest BCUT2D eigenvalue weighted by Crippen LogP contribution is -2.15. The number of nitriles is 1. The van der Waals surface area contributed by atoms with Crippen molar-refractivity contribution in [2.75, 3.05) is 24.9 Å². The fourth-order valence-corrected chi connectivity index (χ4v) is 5.33. The molecule has 4 aromatic rings. The van der Waals surface area contributed by atoms with Crippen molar-refractivity contribution < 1.29 is 28.7 Å². The zero-order valence-electron chi connectivity index (χ0n) is 27.2. The van der Waals surface area contributed by atoms with Crippen LogP contribution in [0.5, 0.6) is 0 Å². The van der Waals surface area contributed by atoms with Gasteiger partial charge in [0.2, 0.25) is 0 Å². The van der Waals surface area contributed by atoms with Crippen molar-refractivity contribution in [3.05, 3.63) is 127 Å². The molecule has 2 amide bonds. The fraction of sp³-hybridized carbons (Fsp3) is 0.216. The number of nitrogens with one attached hydrogen (secondary N) is 2. The molecule has 0 spiro atoms. The molecular formula is C37H34BrCl2N3O6. The number of esters is 2. The second kappa shape index (κ2) is 18.7. The molecule has 0 radical (unpaired) electrons. The van der Waals surface area contributed by atoms with Gasteiger partial charge in [-0.25, -0.2) is 0 Å². The van der Waals surface area contributed by atoms with E-state index in [1.807, 2.05) is 37.3 Å². The molecule has 0 saturated carbocycles. The number of hydrogen-bond donors (Lipinski definition) is 2. The number of carbonyl (C=O) groups excluding carboxylic acids is 4. The first-order chi connectivity index (χ1) is 23.3. The Bertz CT molecular complexity index is 1840. The number of carbonyl (C=O) groups is 4. The highest BCUT2D eigenvalue weighted by Crippen LogP contribution is 2.23. The molecule has 0 aliphatic carbocycles. The van der Waals surface area contributed by atoms with Crippen molar-refractivity contribution >= 4 is 74.3 Å². The molecule has 0 aliphatic rings. The average molecular weight is 768 g/mol. The largest absolute Gasteiger partial charge is 0.469 e. The Morgan fingerprint density at radius 3 is 1.51 bits per heavy atom. The Labute approximate surface area is 303 Å². The molecule has 0 fully saturated rings. The monoisotopic (exact) mass is 765 g/mol. The van der Waals surface area contributed by atoms with E-state index in [0.717, 1.165) is 15.6 Å². The van der Waals surface area contributed by atoms with Gasteiger partial charge in [-0.1, -0.05) is 77.2 Å². The van der Waals surface area contributed by atoms with Crippen molar-refractivity contribution in [1.29, 1.82) is 5.26 Å². The van der Waals surface area contributed by atoms with Crippen molar-refractivity contribution in [2.24, 2.45) is 11.8 Å². The number of nitrogens with zero attached hydrogens (tertiary/aromatic N) is 1. The maximum absolute atomic E-state index is 12.3. The number of methoxy groups -OCH3 is 2. The molecule has 2 unspecified atom stereocenters. The molecule has 9 nitrogen and oxygen atoms in total. The van der Waals surface area contributed by atoms with Crippen LogP contribution in [0.25, 0.3) is 0 Å². The summed E-state index contributed by atoms with van der Waals surface area (Å²) in [5.41, 5.74) is 4.20. The van der Waals surface area contributed by atoms with Gasteiger partial charge in [-0.3, -0.25) is 19.2 Å². The highest BCUT2D eigenvalue weighted by molar-refractivity contribution is 9.10. The molecule has 2 atom stereocenters. The normalized spacial score (nSPS) is 11.5. The van der Waals surface area contributed by atoms with Crippen LogP contribution in [-0.4, -0.2) is 38.0 Å². The molecule has 254 valence electrons. The summed E-state index contributed by atoms with van der Waals surface area (Å²) < 4.78 is 10.2. The minimum Gasteiger partial charge on any atom is -0.469 e. The average Bonchev–Trinajstić information content (AvgIpc) is 3.10. The molecule has 4 aromatic carbocycles. The Kier molecular flexibility index (Phi) is 14.8. The predicted molar refractivity (Wildman–Crippen MR) is 194 cm³/mol. The highest BCUT2D eigenvalue weighted by atomic mass is 79.9. The number of hydrogen-bond acceptors (Lipinski definition) is 7. The zero-order valence-corrected chi connectivity index (χ0v) is 30.3. The topological polar surface area (TPSA) is 135 Å². The molecular weight excluding hydrogens is 733 g/mol. The fourth-order valence-electron chi connectivity index (χ4n) is 4.56. The molecule has 2 N–H and O–H groups in total. The van der Waals surface area contributed by atoms with E-state index in [1.165, 1.54) is 26.4 Å². The van der Waals surface area contributed by atoms with Crippen LogP contribution in [0.1, 0.15) is 51.3 Å². The number of rotatable bonds is 10. The van der Waals surface area contributed by atoms with Gasteiger partial charge in [0.25, 0.3) is 11.8 Å². The molecule has 4 rings (SSSR count). The van der Waals surface area contributed by atoms with Gasteiger partial charge in [0.1, 0.15) is 0 Å². The minimum absolute atomic E-state index is 0.212. The van der Waals surface area contributed by atoms with Crippen LogP contribution in [-0.2, 0) is 31.9 Å². The van der Waals surface area contributed by atoms with Gasteiger partial charge in [-0.05, 0) is 84.6 Å². The summed E-state index contributed by atoms with van der Waals surface area (Å²) in [4.78, 5) is 47.5. The smallest absolute Gasteiger partial charge is 0.308 e. The van der Waals surface area contributed by atoms with Crippen molar-refractivity contribution in [2.45, 2.75) is 26.7 Å². The quantitative estimate of drug-likeness (QED) is 0.155. The number of amides is 2. The van der Waals surface area contributed by atoms with E-state index in [9.17, 15) is 19.2 Å². The van der Waals surface area contributed by atoms with Crippen molar-refractivity contribution in [1.82, 2.24) is 0 Å². The van der Waals surface area contributed by atoms with Crippen LogP contribution in [0, 0.1) is 23.2 Å². The molecule has 0 aliphatic heterocycles. The standard InChI is InChI=1S/C19H17ClN2O3.C18H17BrClNO3/c1-12(19(24)25-2)9-13-3-6-15(7-4-13)22-18(23)16-10-14(11-21)5-8-17(16)20;1-11(18(23)24-2)9-12-3-6-14(7-4-12)21-17(22)15-10-13(19)5-8-16(15)20/h3-8,10,12H,9H2,1-2H3,(H,22,23);3-8,10-11H,9H2,1-2H3,(H,21,22). The molecule has 12 heteroatoms. The second-order valence-electron chi connectivity index (χ2n) is 11.0. The van der Waals surface area contributed by atoms with Crippen LogP contribution < -0.4 is 10.6 Å². The molecule has 0 aromatic heterocycles. The summed E-state index contributed by atoms with van der Waals surface area (Å²) in [7, 11) is 2.74. The number of ether oxygens (including phenoxy) is 2. The third kappa shape index (κ3) is 11.8. The summed E-state index contributed by atoms with van der Waals surface area (Å²) in [5, 5.41) is 15.1. The van der Waals surface area contributed by atoms with Gasteiger partial charge < -0.3 is 20.1 Å². The Balaban J connectivity index is 0.000000266. The minimum atomic E-state index is -0.391. The first-order valence-corrected chi connectivity index (χ1v) is 16.5. The SMILES string of the molecule is COC(=O)C(C)Cc1ccc(NC(=O)c2cc(Br)ccc2Cl)cc1.COC(=O)C(C)Cc1ccc(NC(=O)c2cc(C#N)ccc2Cl)cc1. The van der Waals surface area contributed by atoms with E-state index >= 15 is 0 Å². The summed E-state index contributed by atoms with van der Waals surface area (Å²) in [6, 6.07) is 26.1.